The second kappa shape index (κ2) is 11.6. The van der Waals surface area contributed by atoms with Crippen molar-refractivity contribution < 1.29 is 14.3 Å². The lowest BCUT2D eigenvalue weighted by atomic mass is 10.2. The zero-order chi connectivity index (χ0) is 21.9. The number of ether oxygens (including phenoxy) is 1. The van der Waals surface area contributed by atoms with Gasteiger partial charge < -0.3 is 15.0 Å². The largest absolute Gasteiger partial charge is 0.495 e. The quantitative estimate of drug-likeness (QED) is 0.652. The summed E-state index contributed by atoms with van der Waals surface area (Å²) in [6, 6.07) is 18.0. The molecule has 0 spiro atoms. The second-order valence-corrected chi connectivity index (χ2v) is 6.72. The van der Waals surface area contributed by atoms with Gasteiger partial charge in [0.2, 0.25) is 11.8 Å². The summed E-state index contributed by atoms with van der Waals surface area (Å²) in [6.07, 6.45) is 0.230. The van der Waals surface area contributed by atoms with Crippen molar-refractivity contribution in [3.8, 4) is 11.8 Å². The molecule has 2 rings (SSSR count). The number of hydrogen-bond acceptors (Lipinski definition) is 5. The van der Waals surface area contributed by atoms with E-state index in [2.05, 4.69) is 11.4 Å². The van der Waals surface area contributed by atoms with Crippen LogP contribution in [0.25, 0.3) is 0 Å². The Bertz CT molecular complexity index is 880. The molecule has 158 valence electrons. The van der Waals surface area contributed by atoms with Crippen molar-refractivity contribution in [3.05, 3.63) is 54.6 Å². The maximum absolute atomic E-state index is 13.2. The average Bonchev–Trinajstić information content (AvgIpc) is 2.78. The number of nitrogens with one attached hydrogen (secondary N) is 1. The maximum atomic E-state index is 13.2. The van der Waals surface area contributed by atoms with E-state index >= 15 is 0 Å². The van der Waals surface area contributed by atoms with Crippen LogP contribution in [0.5, 0.6) is 5.75 Å². The summed E-state index contributed by atoms with van der Waals surface area (Å²) in [4.78, 5) is 29.2. The fraction of sp³-hybridized carbons (Fsp3) is 0.348. The third kappa shape index (κ3) is 6.06. The monoisotopic (exact) mass is 408 g/mol. The molecule has 0 radical (unpaired) electrons. The summed E-state index contributed by atoms with van der Waals surface area (Å²) in [5, 5.41) is 11.8. The van der Waals surface area contributed by atoms with Crippen LogP contribution >= 0.6 is 0 Å². The van der Waals surface area contributed by atoms with Gasteiger partial charge in [0.15, 0.2) is 0 Å². The molecule has 0 fully saturated rings. The number of benzene rings is 2. The van der Waals surface area contributed by atoms with Gasteiger partial charge in [0, 0.05) is 12.2 Å². The van der Waals surface area contributed by atoms with E-state index in [1.165, 1.54) is 0 Å². The molecule has 0 saturated carbocycles. The molecule has 2 aromatic rings. The first-order valence-corrected chi connectivity index (χ1v) is 9.92. The average molecular weight is 409 g/mol. The maximum Gasteiger partial charge on any atom is 0.244 e. The van der Waals surface area contributed by atoms with Gasteiger partial charge in [-0.2, -0.15) is 5.26 Å². The van der Waals surface area contributed by atoms with Crippen LogP contribution in [0, 0.1) is 11.3 Å². The van der Waals surface area contributed by atoms with E-state index < -0.39 is 6.04 Å². The molecule has 7 heteroatoms. The smallest absolute Gasteiger partial charge is 0.244 e. The van der Waals surface area contributed by atoms with E-state index in [4.69, 9.17) is 10.00 Å². The van der Waals surface area contributed by atoms with E-state index in [0.29, 0.717) is 24.5 Å². The van der Waals surface area contributed by atoms with Gasteiger partial charge in [-0.1, -0.05) is 37.3 Å². The first kappa shape index (κ1) is 22.9. The number of rotatable bonds is 10. The standard InChI is InChI=1S/C23H28N4O3/c1-4-26(17-22(28)25-20-13-8-9-14-21(20)30-3)18(2)23(29)27(16-10-15-24)19-11-6-5-7-12-19/h5-9,11-14,18H,4,10,16-17H2,1-3H3,(H,25,28). The Labute approximate surface area is 177 Å². The first-order valence-electron chi connectivity index (χ1n) is 9.92. The highest BCUT2D eigenvalue weighted by Gasteiger charge is 2.27. The molecule has 2 aromatic carbocycles. The molecule has 2 amide bonds. The van der Waals surface area contributed by atoms with E-state index in [1.54, 1.807) is 36.0 Å². The lowest BCUT2D eigenvalue weighted by Gasteiger charge is -2.31. The van der Waals surface area contributed by atoms with Gasteiger partial charge in [-0.05, 0) is 37.7 Å². The molecule has 1 atom stereocenters. The summed E-state index contributed by atoms with van der Waals surface area (Å²) >= 11 is 0. The Morgan fingerprint density at radius 2 is 1.80 bits per heavy atom. The van der Waals surface area contributed by atoms with Gasteiger partial charge in [0.1, 0.15) is 5.75 Å². The number of nitriles is 1. The number of carbonyl (C=O) groups is 2. The molecular weight excluding hydrogens is 380 g/mol. The highest BCUT2D eigenvalue weighted by molar-refractivity contribution is 5.98. The van der Waals surface area contributed by atoms with E-state index in [0.717, 1.165) is 5.69 Å². The fourth-order valence-corrected chi connectivity index (χ4v) is 3.16. The van der Waals surface area contributed by atoms with E-state index in [1.807, 2.05) is 49.4 Å². The summed E-state index contributed by atoms with van der Waals surface area (Å²) in [6.45, 7) is 4.57. The Kier molecular flexibility index (Phi) is 8.85. The van der Waals surface area contributed by atoms with Crippen molar-refractivity contribution in [2.75, 3.05) is 37.0 Å². The van der Waals surface area contributed by atoms with Crippen LogP contribution < -0.4 is 15.0 Å². The minimum absolute atomic E-state index is 0.0579. The molecular formula is C23H28N4O3. The minimum atomic E-state index is -0.530. The van der Waals surface area contributed by atoms with Crippen molar-refractivity contribution in [1.29, 1.82) is 5.26 Å². The second-order valence-electron chi connectivity index (χ2n) is 6.72. The molecule has 0 aromatic heterocycles. The SMILES string of the molecule is CCN(CC(=O)Nc1ccccc1OC)C(C)C(=O)N(CCC#N)c1ccccc1. The predicted octanol–water partition coefficient (Wildman–Crippen LogP) is 3.29. The third-order valence-corrected chi connectivity index (χ3v) is 4.82. The third-order valence-electron chi connectivity index (χ3n) is 4.82. The van der Waals surface area contributed by atoms with Crippen molar-refractivity contribution in [2.45, 2.75) is 26.3 Å². The topological polar surface area (TPSA) is 85.7 Å². The summed E-state index contributed by atoms with van der Waals surface area (Å²) < 4.78 is 5.27. The zero-order valence-electron chi connectivity index (χ0n) is 17.7. The van der Waals surface area contributed by atoms with Crippen molar-refractivity contribution >= 4 is 23.2 Å². The van der Waals surface area contributed by atoms with Gasteiger partial charge in [-0.15, -0.1) is 0 Å². The molecule has 30 heavy (non-hydrogen) atoms. The van der Waals surface area contributed by atoms with E-state index in [9.17, 15) is 9.59 Å². The molecule has 0 bridgehead atoms. The molecule has 0 aliphatic carbocycles. The van der Waals surface area contributed by atoms with Gasteiger partial charge in [0.25, 0.3) is 0 Å². The summed E-state index contributed by atoms with van der Waals surface area (Å²) in [7, 11) is 1.55. The fourth-order valence-electron chi connectivity index (χ4n) is 3.16. The van der Waals surface area contributed by atoms with Crippen LogP contribution in [-0.4, -0.2) is 49.5 Å². The van der Waals surface area contributed by atoms with Crippen molar-refractivity contribution in [2.24, 2.45) is 0 Å². The van der Waals surface area contributed by atoms with Gasteiger partial charge in [-0.3, -0.25) is 14.5 Å². The number of carbonyl (C=O) groups excluding carboxylic acids is 2. The van der Waals surface area contributed by atoms with Crippen LogP contribution in [0.4, 0.5) is 11.4 Å². The zero-order valence-corrected chi connectivity index (χ0v) is 17.7. The lowest BCUT2D eigenvalue weighted by Crippen LogP contribution is -2.49. The minimum Gasteiger partial charge on any atom is -0.495 e. The van der Waals surface area contributed by atoms with Gasteiger partial charge >= 0.3 is 0 Å². The first-order chi connectivity index (χ1) is 14.5. The van der Waals surface area contributed by atoms with Crippen molar-refractivity contribution in [1.82, 2.24) is 4.90 Å². The molecule has 7 nitrogen and oxygen atoms in total. The van der Waals surface area contributed by atoms with Crippen LogP contribution in [0.1, 0.15) is 20.3 Å². The number of para-hydroxylation sites is 3. The number of likely N-dealkylation sites (N-methyl/N-ethyl adjacent to an activating group) is 1. The number of methoxy groups -OCH3 is 1. The molecule has 0 saturated heterocycles. The molecule has 1 unspecified atom stereocenters. The van der Waals surface area contributed by atoms with Crippen LogP contribution in [0.15, 0.2) is 54.6 Å². The van der Waals surface area contributed by atoms with Gasteiger partial charge in [0.05, 0.1) is 37.9 Å². The molecule has 1 N–H and O–H groups in total. The lowest BCUT2D eigenvalue weighted by molar-refractivity contribution is -0.125. The predicted molar refractivity (Wildman–Crippen MR) is 117 cm³/mol. The summed E-state index contributed by atoms with van der Waals surface area (Å²) in [5.74, 6) is 0.192. The normalized spacial score (nSPS) is 11.4. The number of nitrogens with zero attached hydrogens (tertiary/aromatic N) is 3. The highest BCUT2D eigenvalue weighted by Crippen LogP contribution is 2.23. The highest BCUT2D eigenvalue weighted by atomic mass is 16.5. The molecule has 0 aliphatic rings. The molecule has 0 aliphatic heterocycles. The Hall–Kier alpha value is -3.37. The number of hydrogen-bond donors (Lipinski definition) is 1. The van der Waals surface area contributed by atoms with E-state index in [-0.39, 0.29) is 24.8 Å². The Balaban J connectivity index is 2.11. The van der Waals surface area contributed by atoms with Crippen molar-refractivity contribution in [3.63, 3.8) is 0 Å². The summed E-state index contributed by atoms with van der Waals surface area (Å²) in [5.41, 5.74) is 1.32. The Morgan fingerprint density at radius 1 is 1.13 bits per heavy atom. The van der Waals surface area contributed by atoms with Crippen LogP contribution in [0.2, 0.25) is 0 Å². The number of anilines is 2. The Morgan fingerprint density at radius 3 is 2.43 bits per heavy atom. The molecule has 0 heterocycles. The van der Waals surface area contributed by atoms with Crippen LogP contribution in [-0.2, 0) is 9.59 Å². The van der Waals surface area contributed by atoms with Gasteiger partial charge in [-0.25, -0.2) is 0 Å². The number of amides is 2. The van der Waals surface area contributed by atoms with Crippen LogP contribution in [0.3, 0.4) is 0 Å².